The average Bonchev–Trinajstić information content (AvgIpc) is 2.29. The zero-order chi connectivity index (χ0) is 13.2. The number of nitrogens with one attached hydrogen (secondary N) is 1. The van der Waals surface area contributed by atoms with Crippen molar-refractivity contribution in [1.82, 2.24) is 4.72 Å². The first-order valence-corrected chi connectivity index (χ1v) is 7.92. The second-order valence-electron chi connectivity index (χ2n) is 4.65. The van der Waals surface area contributed by atoms with Crippen molar-refractivity contribution in [3.05, 3.63) is 23.2 Å². The van der Waals surface area contributed by atoms with Crippen molar-refractivity contribution in [3.8, 4) is 0 Å². The molecule has 2 rings (SSSR count). The third-order valence-electron chi connectivity index (χ3n) is 3.17. The van der Waals surface area contributed by atoms with E-state index in [9.17, 15) is 8.42 Å². The summed E-state index contributed by atoms with van der Waals surface area (Å²) in [5.74, 6) is 0. The Morgan fingerprint density at radius 3 is 2.50 bits per heavy atom. The Balaban J connectivity index is 2.19. The van der Waals surface area contributed by atoms with Crippen LogP contribution < -0.4 is 10.5 Å². The van der Waals surface area contributed by atoms with Crippen LogP contribution in [0.4, 0.5) is 5.69 Å². The van der Waals surface area contributed by atoms with Gasteiger partial charge < -0.3 is 5.73 Å². The van der Waals surface area contributed by atoms with Gasteiger partial charge in [-0.25, -0.2) is 13.1 Å². The van der Waals surface area contributed by atoms with E-state index in [1.54, 1.807) is 6.07 Å². The summed E-state index contributed by atoms with van der Waals surface area (Å²) in [6.45, 7) is 0. The van der Waals surface area contributed by atoms with Crippen molar-refractivity contribution < 1.29 is 8.42 Å². The molecule has 0 heterocycles. The van der Waals surface area contributed by atoms with Crippen molar-refractivity contribution in [1.29, 1.82) is 0 Å². The lowest BCUT2D eigenvalue weighted by Crippen LogP contribution is -2.36. The van der Waals surface area contributed by atoms with E-state index in [0.29, 0.717) is 5.69 Å². The first-order valence-electron chi connectivity index (χ1n) is 6.06. The highest BCUT2D eigenvalue weighted by Crippen LogP contribution is 2.25. The number of nitrogens with two attached hydrogens (primary N) is 1. The molecule has 0 unspecified atom stereocenters. The van der Waals surface area contributed by atoms with Gasteiger partial charge in [0.05, 0.1) is 5.02 Å². The van der Waals surface area contributed by atoms with Gasteiger partial charge >= 0.3 is 0 Å². The van der Waals surface area contributed by atoms with E-state index in [0.717, 1.165) is 25.7 Å². The Bertz CT molecular complexity index is 525. The van der Waals surface area contributed by atoms with E-state index in [1.165, 1.54) is 18.6 Å². The lowest BCUT2D eigenvalue weighted by molar-refractivity contribution is 0.412. The van der Waals surface area contributed by atoms with Crippen LogP contribution in [0.1, 0.15) is 32.1 Å². The van der Waals surface area contributed by atoms with Crippen molar-refractivity contribution in [2.24, 2.45) is 0 Å². The molecule has 18 heavy (non-hydrogen) atoms. The van der Waals surface area contributed by atoms with Crippen LogP contribution in [0.2, 0.25) is 5.02 Å². The molecule has 1 saturated carbocycles. The number of hydrogen-bond donors (Lipinski definition) is 2. The molecule has 0 spiro atoms. The van der Waals surface area contributed by atoms with Crippen LogP contribution in [0.3, 0.4) is 0 Å². The van der Waals surface area contributed by atoms with Crippen LogP contribution >= 0.6 is 11.6 Å². The van der Waals surface area contributed by atoms with Crippen molar-refractivity contribution in [3.63, 3.8) is 0 Å². The maximum Gasteiger partial charge on any atom is 0.242 e. The SMILES string of the molecule is Nc1ccc(S(=O)(=O)NC2CCCCC2)c(Cl)c1. The standard InChI is InChI=1S/C12H17ClN2O2S/c13-11-8-9(14)6-7-12(11)18(16,17)15-10-4-2-1-3-5-10/h6-8,10,15H,1-5,14H2. The van der Waals surface area contributed by atoms with Crippen LogP contribution in [0, 0.1) is 0 Å². The molecule has 1 aromatic carbocycles. The largest absolute Gasteiger partial charge is 0.399 e. The van der Waals surface area contributed by atoms with E-state index in [-0.39, 0.29) is 16.0 Å². The summed E-state index contributed by atoms with van der Waals surface area (Å²) in [4.78, 5) is 0.101. The van der Waals surface area contributed by atoms with E-state index in [4.69, 9.17) is 17.3 Å². The summed E-state index contributed by atoms with van der Waals surface area (Å²) in [6.07, 6.45) is 5.11. The van der Waals surface area contributed by atoms with Crippen LogP contribution in [0.5, 0.6) is 0 Å². The smallest absolute Gasteiger partial charge is 0.242 e. The quantitative estimate of drug-likeness (QED) is 0.840. The molecule has 1 aliphatic rings. The summed E-state index contributed by atoms with van der Waals surface area (Å²) in [7, 11) is -3.54. The van der Waals surface area contributed by atoms with Crippen LogP contribution in [0.15, 0.2) is 23.1 Å². The molecule has 3 N–H and O–H groups in total. The van der Waals surface area contributed by atoms with Gasteiger partial charge in [0, 0.05) is 11.7 Å². The van der Waals surface area contributed by atoms with Gasteiger partial charge in [0.25, 0.3) is 0 Å². The fraction of sp³-hybridized carbons (Fsp3) is 0.500. The average molecular weight is 289 g/mol. The third kappa shape index (κ3) is 3.16. The fourth-order valence-electron chi connectivity index (χ4n) is 2.24. The highest BCUT2D eigenvalue weighted by atomic mass is 35.5. The summed E-state index contributed by atoms with van der Waals surface area (Å²) < 4.78 is 27.1. The maximum atomic E-state index is 12.2. The summed E-state index contributed by atoms with van der Waals surface area (Å²) >= 11 is 5.93. The maximum absolute atomic E-state index is 12.2. The molecule has 1 aliphatic carbocycles. The molecule has 0 bridgehead atoms. The predicted molar refractivity (Wildman–Crippen MR) is 73.1 cm³/mol. The number of nitrogen functional groups attached to an aromatic ring is 1. The molecule has 0 radical (unpaired) electrons. The highest BCUT2D eigenvalue weighted by Gasteiger charge is 2.23. The van der Waals surface area contributed by atoms with Gasteiger partial charge in [-0.05, 0) is 31.0 Å². The molecule has 0 atom stereocenters. The monoisotopic (exact) mass is 288 g/mol. The number of rotatable bonds is 3. The van der Waals surface area contributed by atoms with Crippen molar-refractivity contribution >= 4 is 27.3 Å². The van der Waals surface area contributed by atoms with Crippen LogP contribution in [-0.2, 0) is 10.0 Å². The minimum absolute atomic E-state index is 0.0253. The van der Waals surface area contributed by atoms with Crippen molar-refractivity contribution in [2.75, 3.05) is 5.73 Å². The molecule has 0 amide bonds. The van der Waals surface area contributed by atoms with Crippen molar-refractivity contribution in [2.45, 2.75) is 43.0 Å². The molecule has 0 aliphatic heterocycles. The van der Waals surface area contributed by atoms with Gasteiger partial charge in [-0.15, -0.1) is 0 Å². The Morgan fingerprint density at radius 1 is 1.22 bits per heavy atom. The summed E-state index contributed by atoms with van der Waals surface area (Å²) in [5, 5.41) is 0.165. The summed E-state index contributed by atoms with van der Waals surface area (Å²) in [5.41, 5.74) is 6.01. The van der Waals surface area contributed by atoms with Gasteiger partial charge in [0.1, 0.15) is 4.90 Å². The number of benzene rings is 1. The zero-order valence-electron chi connectivity index (χ0n) is 10.0. The molecule has 100 valence electrons. The number of hydrogen-bond acceptors (Lipinski definition) is 3. The van der Waals surface area contributed by atoms with E-state index < -0.39 is 10.0 Å². The van der Waals surface area contributed by atoms with E-state index in [1.807, 2.05) is 0 Å². The molecular formula is C12H17ClN2O2S. The number of halogens is 1. The molecule has 4 nitrogen and oxygen atoms in total. The molecule has 1 fully saturated rings. The second-order valence-corrected chi connectivity index (χ2v) is 6.74. The third-order valence-corrected chi connectivity index (χ3v) is 5.18. The minimum Gasteiger partial charge on any atom is -0.399 e. The summed E-state index contributed by atoms with van der Waals surface area (Å²) in [6, 6.07) is 4.47. The molecular weight excluding hydrogens is 272 g/mol. The van der Waals surface area contributed by atoms with Crippen LogP contribution in [0.25, 0.3) is 0 Å². The van der Waals surface area contributed by atoms with Gasteiger partial charge in [0.15, 0.2) is 0 Å². The highest BCUT2D eigenvalue weighted by molar-refractivity contribution is 7.89. The number of anilines is 1. The molecule has 0 aromatic heterocycles. The minimum atomic E-state index is -3.54. The Labute approximate surface area is 113 Å². The second kappa shape index (κ2) is 5.47. The number of sulfonamides is 1. The lowest BCUT2D eigenvalue weighted by Gasteiger charge is -2.22. The van der Waals surface area contributed by atoms with Crippen LogP contribution in [-0.4, -0.2) is 14.5 Å². The predicted octanol–water partition coefficient (Wildman–Crippen LogP) is 2.53. The Hall–Kier alpha value is -0.780. The molecule has 6 heteroatoms. The Morgan fingerprint density at radius 2 is 1.89 bits per heavy atom. The van der Waals surface area contributed by atoms with E-state index >= 15 is 0 Å². The van der Waals surface area contributed by atoms with Gasteiger partial charge in [-0.3, -0.25) is 0 Å². The first kappa shape index (κ1) is 13.6. The first-order chi connectivity index (χ1) is 8.49. The fourth-order valence-corrected chi connectivity index (χ4v) is 4.10. The lowest BCUT2D eigenvalue weighted by atomic mass is 9.96. The van der Waals surface area contributed by atoms with Gasteiger partial charge in [0.2, 0.25) is 10.0 Å². The zero-order valence-corrected chi connectivity index (χ0v) is 11.6. The molecule has 1 aromatic rings. The van der Waals surface area contributed by atoms with Gasteiger partial charge in [-0.1, -0.05) is 30.9 Å². The Kier molecular flexibility index (Phi) is 4.14. The molecule has 0 saturated heterocycles. The topological polar surface area (TPSA) is 72.2 Å². The van der Waals surface area contributed by atoms with E-state index in [2.05, 4.69) is 4.72 Å². The van der Waals surface area contributed by atoms with Gasteiger partial charge in [-0.2, -0.15) is 0 Å². The normalized spacial score (nSPS) is 17.8.